The van der Waals surface area contributed by atoms with E-state index in [0.717, 1.165) is 0 Å². The first-order valence-electron chi connectivity index (χ1n) is 3.10. The van der Waals surface area contributed by atoms with E-state index in [1.165, 1.54) is 0 Å². The second-order valence-electron chi connectivity index (χ2n) is 1.39. The second-order valence-corrected chi connectivity index (χ2v) is 1.39. The van der Waals surface area contributed by atoms with E-state index < -0.39 is 29.3 Å². The molecule has 102 valence electrons. The minimum absolute atomic E-state index is 0. The van der Waals surface area contributed by atoms with Gasteiger partial charge in [0.25, 0.3) is 0 Å². The molecule has 0 saturated heterocycles. The van der Waals surface area contributed by atoms with Gasteiger partial charge in [-0.2, -0.15) is 0 Å². The van der Waals surface area contributed by atoms with Crippen molar-refractivity contribution >= 4 is 29.3 Å². The van der Waals surface area contributed by atoms with E-state index in [1.54, 1.807) is 0 Å². The first-order valence-corrected chi connectivity index (χ1v) is 3.10. The molecular formula is H12B4MoO12. The number of rotatable bonds is 0. The van der Waals surface area contributed by atoms with Gasteiger partial charge >= 0.3 is 29.3 Å². The fourth-order valence-electron chi connectivity index (χ4n) is 0. The Hall–Kier alpha value is 0.468. The van der Waals surface area contributed by atoms with Crippen LogP contribution in [0, 0.1) is 0 Å². The van der Waals surface area contributed by atoms with Crippen LogP contribution in [-0.4, -0.2) is 89.6 Å². The van der Waals surface area contributed by atoms with Crippen molar-refractivity contribution in [3.63, 3.8) is 0 Å². The summed E-state index contributed by atoms with van der Waals surface area (Å²) < 4.78 is 0. The number of hydrogen-bond donors (Lipinski definition) is 12. The van der Waals surface area contributed by atoms with Crippen LogP contribution in [0.25, 0.3) is 0 Å². The van der Waals surface area contributed by atoms with E-state index in [9.17, 15) is 0 Å². The van der Waals surface area contributed by atoms with Crippen molar-refractivity contribution in [1.29, 1.82) is 0 Å². The van der Waals surface area contributed by atoms with Gasteiger partial charge in [-0.3, -0.25) is 0 Å². The fourth-order valence-corrected chi connectivity index (χ4v) is 0. The summed E-state index contributed by atoms with van der Waals surface area (Å²) in [5.41, 5.74) is 0. The Morgan fingerprint density at radius 1 is 0.294 bits per heavy atom. The SMILES string of the molecule is OB(O)O.OB(O)O.OB(O)O.OB(O)O.[Mo]. The van der Waals surface area contributed by atoms with Gasteiger partial charge in [0.2, 0.25) is 0 Å². The van der Waals surface area contributed by atoms with Crippen LogP contribution in [0.4, 0.5) is 0 Å². The smallest absolute Gasteiger partial charge is 0.402 e. The molecule has 12 N–H and O–H groups in total. The third kappa shape index (κ3) is 15700. The van der Waals surface area contributed by atoms with Crippen LogP contribution < -0.4 is 0 Å². The molecule has 0 heterocycles. The predicted octanol–water partition coefficient (Wildman–Crippen LogP) is -8.21. The van der Waals surface area contributed by atoms with E-state index >= 15 is 0 Å². The molecule has 0 aromatic rings. The summed E-state index contributed by atoms with van der Waals surface area (Å²) >= 11 is 0. The molecule has 0 aliphatic heterocycles. The molecule has 12 nitrogen and oxygen atoms in total. The zero-order valence-electron chi connectivity index (χ0n) is 8.08. The van der Waals surface area contributed by atoms with Crippen molar-refractivity contribution in [1.82, 2.24) is 0 Å². The van der Waals surface area contributed by atoms with E-state index in [1.807, 2.05) is 0 Å². The quantitative estimate of drug-likeness (QED) is 0.183. The van der Waals surface area contributed by atoms with E-state index in [4.69, 9.17) is 60.3 Å². The molecular weight excluding hydrogens is 331 g/mol. The van der Waals surface area contributed by atoms with Crippen molar-refractivity contribution in [2.75, 3.05) is 0 Å². The van der Waals surface area contributed by atoms with Gasteiger partial charge < -0.3 is 60.3 Å². The Balaban J connectivity index is -0.0000000369. The van der Waals surface area contributed by atoms with Gasteiger partial charge in [-0.15, -0.1) is 0 Å². The normalized spacial score (nSPS) is 6.35. The van der Waals surface area contributed by atoms with Crippen LogP contribution in [0.15, 0.2) is 0 Å². The molecule has 0 bridgehead atoms. The summed E-state index contributed by atoms with van der Waals surface area (Å²) in [6, 6.07) is 0. The maximum atomic E-state index is 7.17. The van der Waals surface area contributed by atoms with Crippen LogP contribution >= 0.6 is 0 Å². The van der Waals surface area contributed by atoms with Crippen LogP contribution in [0.2, 0.25) is 0 Å². The zero-order valence-corrected chi connectivity index (χ0v) is 10.1. The summed E-state index contributed by atoms with van der Waals surface area (Å²) in [6.45, 7) is 0. The van der Waals surface area contributed by atoms with Crippen molar-refractivity contribution < 1.29 is 81.4 Å². The van der Waals surface area contributed by atoms with Gasteiger partial charge in [-0.25, -0.2) is 0 Å². The molecule has 0 aromatic heterocycles. The zero-order chi connectivity index (χ0) is 14.3. The van der Waals surface area contributed by atoms with Crippen molar-refractivity contribution in [3.05, 3.63) is 0 Å². The molecule has 0 aliphatic rings. The maximum absolute atomic E-state index is 7.17. The standard InChI is InChI=1S/4BH3O3.Mo/c4*2-1(3)4;/h4*2-4H;. The van der Waals surface area contributed by atoms with E-state index in [0.29, 0.717) is 0 Å². The average molecular weight is 343 g/mol. The Kier molecular flexibility index (Phi) is 45.4. The molecule has 0 amide bonds. The third-order valence-corrected chi connectivity index (χ3v) is 0. The Morgan fingerprint density at radius 2 is 0.294 bits per heavy atom. The summed E-state index contributed by atoms with van der Waals surface area (Å²) in [6.07, 6.45) is 0. The Labute approximate surface area is 111 Å². The van der Waals surface area contributed by atoms with Crippen LogP contribution in [-0.2, 0) is 21.1 Å². The van der Waals surface area contributed by atoms with Gasteiger partial charge in [-0.05, 0) is 0 Å². The molecule has 17 heavy (non-hydrogen) atoms. The third-order valence-electron chi connectivity index (χ3n) is 0. The first kappa shape index (κ1) is 30.5. The Morgan fingerprint density at radius 3 is 0.294 bits per heavy atom. The minimum Gasteiger partial charge on any atom is -0.402 e. The molecule has 0 fully saturated rings. The van der Waals surface area contributed by atoms with Gasteiger partial charge in [0.15, 0.2) is 0 Å². The predicted molar refractivity (Wildman–Crippen MR) is 49.6 cm³/mol. The van der Waals surface area contributed by atoms with Gasteiger partial charge in [0.1, 0.15) is 0 Å². The fraction of sp³-hybridized carbons (Fsp3) is 0. The Bertz CT molecular complexity index is 61.5. The first-order chi connectivity index (χ1) is 6.93. The molecule has 0 saturated carbocycles. The largest absolute Gasteiger partial charge is 0.631 e. The maximum Gasteiger partial charge on any atom is 0.631 e. The average Bonchev–Trinajstić information content (AvgIpc) is 1.76. The van der Waals surface area contributed by atoms with Gasteiger partial charge in [0, 0.05) is 21.1 Å². The summed E-state index contributed by atoms with van der Waals surface area (Å²) in [4.78, 5) is 0. The molecule has 17 heteroatoms. The molecule has 0 unspecified atom stereocenters. The molecule has 0 atom stereocenters. The van der Waals surface area contributed by atoms with E-state index in [2.05, 4.69) is 0 Å². The van der Waals surface area contributed by atoms with Crippen LogP contribution in [0.1, 0.15) is 0 Å². The molecule has 0 rings (SSSR count). The van der Waals surface area contributed by atoms with Crippen molar-refractivity contribution in [3.8, 4) is 0 Å². The number of hydrogen-bond acceptors (Lipinski definition) is 12. The second kappa shape index (κ2) is 25.3. The van der Waals surface area contributed by atoms with Crippen LogP contribution in [0.3, 0.4) is 0 Å². The molecule has 0 radical (unpaired) electrons. The molecule has 0 aromatic carbocycles. The van der Waals surface area contributed by atoms with Gasteiger partial charge in [-0.1, -0.05) is 0 Å². The van der Waals surface area contributed by atoms with Gasteiger partial charge in [0.05, 0.1) is 0 Å². The summed E-state index contributed by atoms with van der Waals surface area (Å²) in [7, 11) is -8.67. The summed E-state index contributed by atoms with van der Waals surface area (Å²) in [5, 5.41) is 86.0. The van der Waals surface area contributed by atoms with Crippen molar-refractivity contribution in [2.45, 2.75) is 0 Å². The van der Waals surface area contributed by atoms with Crippen LogP contribution in [0.5, 0.6) is 0 Å². The topological polar surface area (TPSA) is 243 Å². The molecule has 0 aliphatic carbocycles. The summed E-state index contributed by atoms with van der Waals surface area (Å²) in [5.74, 6) is 0. The van der Waals surface area contributed by atoms with E-state index in [-0.39, 0.29) is 21.1 Å². The molecule has 0 spiro atoms. The van der Waals surface area contributed by atoms with Crippen molar-refractivity contribution in [2.24, 2.45) is 0 Å². The minimum atomic E-state index is -2.17. The monoisotopic (exact) mass is 346 g/mol.